The van der Waals surface area contributed by atoms with Crippen LogP contribution in [0.2, 0.25) is 5.02 Å². The molecule has 2 amide bonds. The number of halogens is 1. The predicted octanol–water partition coefficient (Wildman–Crippen LogP) is 1.78. The highest BCUT2D eigenvalue weighted by molar-refractivity contribution is 6.32. The van der Waals surface area contributed by atoms with E-state index in [4.69, 9.17) is 11.6 Å². The number of anilines is 1. The average Bonchev–Trinajstić information content (AvgIpc) is 2.94. The fourth-order valence-electron chi connectivity index (χ4n) is 1.74. The Morgan fingerprint density at radius 1 is 1.32 bits per heavy atom. The lowest BCUT2D eigenvalue weighted by atomic mass is 10.3. The summed E-state index contributed by atoms with van der Waals surface area (Å²) in [4.78, 5) is 27.1. The van der Waals surface area contributed by atoms with Gasteiger partial charge in [0.2, 0.25) is 11.8 Å². The van der Waals surface area contributed by atoms with E-state index in [1.807, 2.05) is 6.92 Å². The molecule has 0 spiro atoms. The maximum absolute atomic E-state index is 11.7. The topological polar surface area (TPSA) is 88.9 Å². The van der Waals surface area contributed by atoms with E-state index in [0.29, 0.717) is 23.1 Å². The van der Waals surface area contributed by atoms with Crippen molar-refractivity contribution in [1.82, 2.24) is 20.1 Å². The maximum atomic E-state index is 11.7. The minimum absolute atomic E-state index is 0.0873. The third-order valence-corrected chi connectivity index (χ3v) is 3.03. The Balaban J connectivity index is 1.94. The van der Waals surface area contributed by atoms with Crippen LogP contribution in [0.4, 0.5) is 5.82 Å². The first-order valence-corrected chi connectivity index (χ1v) is 7.21. The summed E-state index contributed by atoms with van der Waals surface area (Å²) < 4.78 is 1.47. The lowest BCUT2D eigenvalue weighted by Crippen LogP contribution is -2.32. The van der Waals surface area contributed by atoms with E-state index in [0.717, 1.165) is 6.42 Å². The van der Waals surface area contributed by atoms with Crippen molar-refractivity contribution >= 4 is 29.2 Å². The summed E-state index contributed by atoms with van der Waals surface area (Å²) in [5, 5.41) is 9.75. The molecule has 8 heteroatoms. The number of pyridine rings is 1. The largest absolute Gasteiger partial charge is 0.347 e. The smallest absolute Gasteiger partial charge is 0.244 e. The molecule has 0 aliphatic rings. The lowest BCUT2D eigenvalue weighted by Gasteiger charge is -2.04. The standard InChI is InChI=1S/C14H16ClN5O2/c1-2-4-12(21)17-9-13(22)18-11-6-8-20(19-11)14-10(15)5-3-7-16-14/h3,5-8H,2,4,9H2,1H3,(H,17,21)(H,18,19,22). The van der Waals surface area contributed by atoms with Gasteiger partial charge in [0.1, 0.15) is 0 Å². The number of nitrogens with zero attached hydrogens (tertiary/aromatic N) is 3. The van der Waals surface area contributed by atoms with Gasteiger partial charge in [-0.05, 0) is 18.6 Å². The number of rotatable bonds is 6. The van der Waals surface area contributed by atoms with Crippen molar-refractivity contribution in [3.8, 4) is 5.82 Å². The lowest BCUT2D eigenvalue weighted by molar-refractivity contribution is -0.124. The van der Waals surface area contributed by atoms with Crippen LogP contribution < -0.4 is 10.6 Å². The minimum Gasteiger partial charge on any atom is -0.347 e. The third-order valence-electron chi connectivity index (χ3n) is 2.74. The molecule has 2 aromatic rings. The second-order valence-electron chi connectivity index (χ2n) is 4.53. The van der Waals surface area contributed by atoms with Gasteiger partial charge in [-0.2, -0.15) is 0 Å². The van der Waals surface area contributed by atoms with Crippen molar-refractivity contribution in [2.24, 2.45) is 0 Å². The van der Waals surface area contributed by atoms with Crippen LogP contribution in [0, 0.1) is 0 Å². The van der Waals surface area contributed by atoms with Crippen molar-refractivity contribution in [1.29, 1.82) is 0 Å². The van der Waals surface area contributed by atoms with Crippen molar-refractivity contribution in [3.05, 3.63) is 35.6 Å². The molecule has 0 saturated carbocycles. The van der Waals surface area contributed by atoms with E-state index in [-0.39, 0.29) is 18.4 Å². The fourth-order valence-corrected chi connectivity index (χ4v) is 1.94. The molecular weight excluding hydrogens is 306 g/mol. The highest BCUT2D eigenvalue weighted by Gasteiger charge is 2.09. The van der Waals surface area contributed by atoms with Crippen LogP contribution in [0.25, 0.3) is 5.82 Å². The number of aromatic nitrogens is 3. The Morgan fingerprint density at radius 3 is 2.86 bits per heavy atom. The van der Waals surface area contributed by atoms with E-state index in [2.05, 4.69) is 20.7 Å². The number of amides is 2. The van der Waals surface area contributed by atoms with Gasteiger partial charge in [0.15, 0.2) is 11.6 Å². The van der Waals surface area contributed by atoms with Gasteiger partial charge in [0, 0.05) is 24.9 Å². The van der Waals surface area contributed by atoms with Crippen molar-refractivity contribution in [2.45, 2.75) is 19.8 Å². The molecule has 0 radical (unpaired) electrons. The zero-order valence-corrected chi connectivity index (χ0v) is 12.8. The molecular formula is C14H16ClN5O2. The van der Waals surface area contributed by atoms with Crippen molar-refractivity contribution in [3.63, 3.8) is 0 Å². The monoisotopic (exact) mass is 321 g/mol. The maximum Gasteiger partial charge on any atom is 0.244 e. The molecule has 0 saturated heterocycles. The Hall–Kier alpha value is -2.41. The Bertz CT molecular complexity index is 671. The summed E-state index contributed by atoms with van der Waals surface area (Å²) in [6, 6.07) is 5.04. The van der Waals surface area contributed by atoms with Crippen molar-refractivity contribution in [2.75, 3.05) is 11.9 Å². The molecule has 0 bridgehead atoms. The summed E-state index contributed by atoms with van der Waals surface area (Å²) >= 11 is 6.03. The van der Waals surface area contributed by atoms with Crippen LogP contribution in [0.1, 0.15) is 19.8 Å². The number of carbonyl (C=O) groups is 2. The van der Waals surface area contributed by atoms with Crippen LogP contribution >= 0.6 is 11.6 Å². The highest BCUT2D eigenvalue weighted by Crippen LogP contribution is 2.17. The van der Waals surface area contributed by atoms with Gasteiger partial charge in [-0.1, -0.05) is 18.5 Å². The van der Waals surface area contributed by atoms with E-state index in [9.17, 15) is 9.59 Å². The molecule has 0 aliphatic carbocycles. The second-order valence-corrected chi connectivity index (χ2v) is 4.94. The van der Waals surface area contributed by atoms with Gasteiger partial charge in [-0.25, -0.2) is 9.67 Å². The molecule has 7 nitrogen and oxygen atoms in total. The quantitative estimate of drug-likeness (QED) is 0.848. The van der Waals surface area contributed by atoms with E-state index < -0.39 is 0 Å². The molecule has 2 aromatic heterocycles. The summed E-state index contributed by atoms with van der Waals surface area (Å²) in [6.45, 7) is 1.81. The molecule has 2 rings (SSSR count). The van der Waals surface area contributed by atoms with Gasteiger partial charge in [0.05, 0.1) is 11.6 Å². The molecule has 0 unspecified atom stereocenters. The van der Waals surface area contributed by atoms with E-state index >= 15 is 0 Å². The van der Waals surface area contributed by atoms with Crippen LogP contribution in [-0.2, 0) is 9.59 Å². The Labute approximate surface area is 132 Å². The molecule has 2 N–H and O–H groups in total. The number of hydrogen-bond acceptors (Lipinski definition) is 4. The van der Waals surface area contributed by atoms with Gasteiger partial charge in [-0.3, -0.25) is 9.59 Å². The van der Waals surface area contributed by atoms with Gasteiger partial charge < -0.3 is 10.6 Å². The Kier molecular flexibility index (Phi) is 5.48. The molecule has 2 heterocycles. The molecule has 22 heavy (non-hydrogen) atoms. The van der Waals surface area contributed by atoms with E-state index in [1.165, 1.54) is 4.68 Å². The first-order chi connectivity index (χ1) is 10.6. The molecule has 0 fully saturated rings. The normalized spacial score (nSPS) is 10.3. The molecule has 0 atom stereocenters. The zero-order chi connectivity index (χ0) is 15.9. The predicted molar refractivity (Wildman–Crippen MR) is 82.9 cm³/mol. The SMILES string of the molecule is CCCC(=O)NCC(=O)Nc1ccn(-c2ncccc2Cl)n1. The number of nitrogens with one attached hydrogen (secondary N) is 2. The minimum atomic E-state index is -0.346. The number of carbonyl (C=O) groups excluding carboxylic acids is 2. The Morgan fingerprint density at radius 2 is 2.14 bits per heavy atom. The van der Waals surface area contributed by atoms with Crippen LogP contribution in [0.5, 0.6) is 0 Å². The summed E-state index contributed by atoms with van der Waals surface area (Å²) in [5.41, 5.74) is 0. The van der Waals surface area contributed by atoms with Crippen LogP contribution in [0.15, 0.2) is 30.6 Å². The summed E-state index contributed by atoms with van der Waals surface area (Å²) in [7, 11) is 0. The zero-order valence-electron chi connectivity index (χ0n) is 12.0. The summed E-state index contributed by atoms with van der Waals surface area (Å²) in [5.74, 6) is 0.336. The molecule has 0 aromatic carbocycles. The second kappa shape index (κ2) is 7.56. The number of hydrogen-bond donors (Lipinski definition) is 2. The average molecular weight is 322 g/mol. The molecule has 116 valence electrons. The summed E-state index contributed by atoms with van der Waals surface area (Å²) in [6.07, 6.45) is 4.38. The van der Waals surface area contributed by atoms with Crippen LogP contribution in [0.3, 0.4) is 0 Å². The highest BCUT2D eigenvalue weighted by atomic mass is 35.5. The fraction of sp³-hybridized carbons (Fsp3) is 0.286. The van der Waals surface area contributed by atoms with Crippen LogP contribution in [-0.4, -0.2) is 33.1 Å². The van der Waals surface area contributed by atoms with E-state index in [1.54, 1.807) is 30.6 Å². The van der Waals surface area contributed by atoms with Crippen molar-refractivity contribution < 1.29 is 9.59 Å². The van der Waals surface area contributed by atoms with Gasteiger partial charge in [0.25, 0.3) is 0 Å². The third kappa shape index (κ3) is 4.29. The first kappa shape index (κ1) is 16.0. The van der Waals surface area contributed by atoms with Gasteiger partial charge >= 0.3 is 0 Å². The first-order valence-electron chi connectivity index (χ1n) is 6.83. The van der Waals surface area contributed by atoms with Gasteiger partial charge in [-0.15, -0.1) is 5.10 Å². The molecule has 0 aliphatic heterocycles.